The Labute approximate surface area is 65.5 Å². The Morgan fingerprint density at radius 1 is 1.45 bits per heavy atom. The largest absolute Gasteiger partial charge is 0.389 e. The van der Waals surface area contributed by atoms with Crippen molar-refractivity contribution in [3.05, 3.63) is 12.2 Å². The molecule has 0 radical (unpaired) electrons. The van der Waals surface area contributed by atoms with E-state index in [0.717, 1.165) is 0 Å². The SMILES string of the molecule is C=C(C(=O)NC(C)O)C(C)O. The fourth-order valence-corrected chi connectivity index (χ4v) is 0.472. The van der Waals surface area contributed by atoms with Crippen molar-refractivity contribution in [2.75, 3.05) is 0 Å². The number of aliphatic hydroxyl groups is 2. The van der Waals surface area contributed by atoms with E-state index in [0.29, 0.717) is 0 Å². The van der Waals surface area contributed by atoms with Crippen molar-refractivity contribution in [3.63, 3.8) is 0 Å². The molecule has 0 aliphatic carbocycles. The quantitative estimate of drug-likeness (QED) is 0.379. The highest BCUT2D eigenvalue weighted by Gasteiger charge is 2.12. The summed E-state index contributed by atoms with van der Waals surface area (Å²) in [6.45, 7) is 6.18. The lowest BCUT2D eigenvalue weighted by Gasteiger charge is -2.10. The molecule has 0 heterocycles. The van der Waals surface area contributed by atoms with Gasteiger partial charge in [-0.1, -0.05) is 6.58 Å². The van der Waals surface area contributed by atoms with Crippen molar-refractivity contribution in [3.8, 4) is 0 Å². The molecule has 0 bridgehead atoms. The first-order valence-electron chi connectivity index (χ1n) is 3.31. The number of carbonyl (C=O) groups is 1. The molecule has 0 rings (SSSR count). The fraction of sp³-hybridized carbons (Fsp3) is 0.571. The van der Waals surface area contributed by atoms with Crippen LogP contribution in [0.2, 0.25) is 0 Å². The number of hydrogen-bond acceptors (Lipinski definition) is 3. The number of rotatable bonds is 3. The molecule has 0 aromatic heterocycles. The van der Waals surface area contributed by atoms with Crippen LogP contribution < -0.4 is 5.32 Å². The lowest BCUT2D eigenvalue weighted by atomic mass is 10.2. The van der Waals surface area contributed by atoms with Crippen LogP contribution in [0.3, 0.4) is 0 Å². The predicted molar refractivity (Wildman–Crippen MR) is 40.6 cm³/mol. The molecule has 2 unspecified atom stereocenters. The van der Waals surface area contributed by atoms with E-state index >= 15 is 0 Å². The zero-order valence-electron chi connectivity index (χ0n) is 6.66. The van der Waals surface area contributed by atoms with Crippen LogP contribution in [0.25, 0.3) is 0 Å². The van der Waals surface area contributed by atoms with Crippen molar-refractivity contribution < 1.29 is 15.0 Å². The van der Waals surface area contributed by atoms with Gasteiger partial charge in [-0.25, -0.2) is 0 Å². The molecule has 0 fully saturated rings. The molecule has 3 N–H and O–H groups in total. The van der Waals surface area contributed by atoms with Crippen LogP contribution in [-0.2, 0) is 4.79 Å². The average Bonchev–Trinajstić information content (AvgIpc) is 1.84. The van der Waals surface area contributed by atoms with Crippen molar-refractivity contribution >= 4 is 5.91 Å². The van der Waals surface area contributed by atoms with Crippen molar-refractivity contribution in [1.82, 2.24) is 5.32 Å². The summed E-state index contributed by atoms with van der Waals surface area (Å²) in [4.78, 5) is 10.9. The van der Waals surface area contributed by atoms with Crippen LogP contribution in [-0.4, -0.2) is 28.5 Å². The number of amides is 1. The van der Waals surface area contributed by atoms with Gasteiger partial charge in [0.1, 0.15) is 6.23 Å². The Bertz CT molecular complexity index is 163. The van der Waals surface area contributed by atoms with Gasteiger partial charge in [-0.05, 0) is 13.8 Å². The Kier molecular flexibility index (Phi) is 3.78. The highest BCUT2D eigenvalue weighted by molar-refractivity contribution is 5.93. The summed E-state index contributed by atoms with van der Waals surface area (Å²) < 4.78 is 0. The van der Waals surface area contributed by atoms with Gasteiger partial charge in [0.05, 0.1) is 6.10 Å². The Morgan fingerprint density at radius 2 is 1.91 bits per heavy atom. The summed E-state index contributed by atoms with van der Waals surface area (Å²) in [5.74, 6) is -0.532. The van der Waals surface area contributed by atoms with Gasteiger partial charge in [-0.3, -0.25) is 4.79 Å². The number of hydrogen-bond donors (Lipinski definition) is 3. The van der Waals surface area contributed by atoms with Crippen molar-refractivity contribution in [1.29, 1.82) is 0 Å². The lowest BCUT2D eigenvalue weighted by Crippen LogP contribution is -2.35. The molecule has 64 valence electrons. The van der Waals surface area contributed by atoms with Gasteiger partial charge in [0, 0.05) is 5.57 Å². The van der Waals surface area contributed by atoms with Crippen LogP contribution in [0, 0.1) is 0 Å². The first-order valence-corrected chi connectivity index (χ1v) is 3.31. The van der Waals surface area contributed by atoms with Crippen molar-refractivity contribution in [2.45, 2.75) is 26.2 Å². The van der Waals surface area contributed by atoms with Crippen LogP contribution in [0.4, 0.5) is 0 Å². The molecule has 0 aliphatic rings. The maximum absolute atomic E-state index is 10.9. The minimum absolute atomic E-state index is 0.0471. The molecule has 11 heavy (non-hydrogen) atoms. The number of aliphatic hydroxyl groups excluding tert-OH is 2. The topological polar surface area (TPSA) is 69.6 Å². The second-order valence-electron chi connectivity index (χ2n) is 2.35. The molecule has 1 amide bonds. The normalized spacial score (nSPS) is 15.3. The van der Waals surface area contributed by atoms with E-state index in [4.69, 9.17) is 10.2 Å². The van der Waals surface area contributed by atoms with E-state index in [-0.39, 0.29) is 5.57 Å². The average molecular weight is 159 g/mol. The van der Waals surface area contributed by atoms with Crippen LogP contribution >= 0.6 is 0 Å². The zero-order chi connectivity index (χ0) is 9.02. The zero-order valence-corrected chi connectivity index (χ0v) is 6.66. The van der Waals surface area contributed by atoms with Crippen LogP contribution in [0.5, 0.6) is 0 Å². The Hall–Kier alpha value is -0.870. The summed E-state index contributed by atoms with van der Waals surface area (Å²) in [5, 5.41) is 19.7. The highest BCUT2D eigenvalue weighted by Crippen LogP contribution is 1.97. The third-order valence-corrected chi connectivity index (χ3v) is 1.14. The van der Waals surface area contributed by atoms with E-state index in [1.54, 1.807) is 0 Å². The van der Waals surface area contributed by atoms with E-state index in [9.17, 15) is 4.79 Å². The molecule has 0 aliphatic heterocycles. The molecule has 0 spiro atoms. The smallest absolute Gasteiger partial charge is 0.251 e. The minimum atomic E-state index is -0.919. The Morgan fingerprint density at radius 3 is 2.18 bits per heavy atom. The van der Waals surface area contributed by atoms with Crippen LogP contribution in [0.15, 0.2) is 12.2 Å². The molecule has 0 saturated carbocycles. The summed E-state index contributed by atoms with van der Waals surface area (Å²) in [6.07, 6.45) is -1.80. The lowest BCUT2D eigenvalue weighted by molar-refractivity contribution is -0.120. The number of nitrogens with one attached hydrogen (secondary N) is 1. The predicted octanol–water partition coefficient (Wildman–Crippen LogP) is -0.622. The molecule has 0 aromatic carbocycles. The molecule has 0 aromatic rings. The summed E-state index contributed by atoms with van der Waals surface area (Å²) in [6, 6.07) is 0. The van der Waals surface area contributed by atoms with E-state index < -0.39 is 18.2 Å². The molecular weight excluding hydrogens is 146 g/mol. The van der Waals surface area contributed by atoms with Gasteiger partial charge in [0.2, 0.25) is 0 Å². The van der Waals surface area contributed by atoms with E-state index in [1.807, 2.05) is 0 Å². The van der Waals surface area contributed by atoms with Gasteiger partial charge >= 0.3 is 0 Å². The third kappa shape index (κ3) is 3.75. The minimum Gasteiger partial charge on any atom is -0.389 e. The second kappa shape index (κ2) is 4.10. The van der Waals surface area contributed by atoms with E-state index in [2.05, 4.69) is 11.9 Å². The monoisotopic (exact) mass is 159 g/mol. The van der Waals surface area contributed by atoms with E-state index in [1.165, 1.54) is 13.8 Å². The van der Waals surface area contributed by atoms with Gasteiger partial charge < -0.3 is 15.5 Å². The molecule has 0 saturated heterocycles. The maximum atomic E-state index is 10.9. The Balaban J connectivity index is 3.94. The molecule has 4 nitrogen and oxygen atoms in total. The van der Waals surface area contributed by atoms with Gasteiger partial charge in [-0.15, -0.1) is 0 Å². The second-order valence-corrected chi connectivity index (χ2v) is 2.35. The summed E-state index contributed by atoms with van der Waals surface area (Å²) >= 11 is 0. The first-order chi connectivity index (χ1) is 4.95. The number of carbonyl (C=O) groups excluding carboxylic acids is 1. The van der Waals surface area contributed by atoms with Crippen LogP contribution in [0.1, 0.15) is 13.8 Å². The van der Waals surface area contributed by atoms with Gasteiger partial charge in [-0.2, -0.15) is 0 Å². The first kappa shape index (κ1) is 10.1. The van der Waals surface area contributed by atoms with Gasteiger partial charge in [0.25, 0.3) is 5.91 Å². The molecule has 2 atom stereocenters. The standard InChI is InChI=1S/C7H13NO3/c1-4(5(2)9)7(11)8-6(3)10/h5-6,9-10H,1H2,2-3H3,(H,8,11). The third-order valence-electron chi connectivity index (χ3n) is 1.14. The summed E-state index contributed by atoms with van der Waals surface area (Å²) in [5.41, 5.74) is 0.0471. The molecular formula is C7H13NO3. The molecule has 4 heteroatoms. The summed E-state index contributed by atoms with van der Waals surface area (Å²) in [7, 11) is 0. The maximum Gasteiger partial charge on any atom is 0.251 e. The highest BCUT2D eigenvalue weighted by atomic mass is 16.3. The van der Waals surface area contributed by atoms with Crippen molar-refractivity contribution in [2.24, 2.45) is 0 Å². The van der Waals surface area contributed by atoms with Gasteiger partial charge in [0.15, 0.2) is 0 Å². The fourth-order valence-electron chi connectivity index (χ4n) is 0.472.